The zero-order valence-corrected chi connectivity index (χ0v) is 9.19. The van der Waals surface area contributed by atoms with E-state index in [4.69, 9.17) is 18.9 Å². The Morgan fingerprint density at radius 2 is 1.41 bits per heavy atom. The smallest absolute Gasteiger partial charge is 0.293 e. The summed E-state index contributed by atoms with van der Waals surface area (Å²) in [6.45, 7) is 1.02. The molecule has 1 fully saturated rings. The molecule has 0 aromatic carbocycles. The lowest BCUT2D eigenvalue weighted by Gasteiger charge is -2.25. The van der Waals surface area contributed by atoms with Gasteiger partial charge in [0.15, 0.2) is 0 Å². The normalized spacial score (nSPS) is 38.4. The number of hydrogen-bond donors (Lipinski definition) is 0. The zero-order chi connectivity index (χ0) is 12.1. The van der Waals surface area contributed by atoms with E-state index in [2.05, 4.69) is 0 Å². The molecule has 0 amide bonds. The lowest BCUT2D eigenvalue weighted by molar-refractivity contribution is -0.135. The highest BCUT2D eigenvalue weighted by molar-refractivity contribution is 5.39. The molecule has 6 heteroatoms. The Bertz CT molecular complexity index is 274. The minimum absolute atomic E-state index is 0.136. The second-order valence-corrected chi connectivity index (χ2v) is 3.93. The number of fused-ring (bicyclic) bond motifs is 1. The SMILES string of the molecule is O=COC1/C=C/C(OC=O)CC2OCOC2C1. The van der Waals surface area contributed by atoms with Crippen molar-refractivity contribution in [3.63, 3.8) is 0 Å². The van der Waals surface area contributed by atoms with E-state index < -0.39 is 0 Å². The second-order valence-electron chi connectivity index (χ2n) is 3.93. The van der Waals surface area contributed by atoms with Gasteiger partial charge in [0.2, 0.25) is 0 Å². The van der Waals surface area contributed by atoms with Crippen molar-refractivity contribution < 1.29 is 28.5 Å². The molecule has 0 aromatic heterocycles. The van der Waals surface area contributed by atoms with Crippen molar-refractivity contribution in [1.29, 1.82) is 0 Å². The number of carbonyl (C=O) groups excluding carboxylic acids is 2. The maximum Gasteiger partial charge on any atom is 0.293 e. The van der Waals surface area contributed by atoms with Gasteiger partial charge in [-0.25, -0.2) is 0 Å². The van der Waals surface area contributed by atoms with Gasteiger partial charge >= 0.3 is 0 Å². The lowest BCUT2D eigenvalue weighted by Crippen LogP contribution is -2.33. The van der Waals surface area contributed by atoms with E-state index in [1.807, 2.05) is 0 Å². The quantitative estimate of drug-likeness (QED) is 0.516. The Morgan fingerprint density at radius 1 is 0.941 bits per heavy atom. The van der Waals surface area contributed by atoms with Gasteiger partial charge in [0.25, 0.3) is 12.9 Å². The molecule has 4 unspecified atom stereocenters. The third-order valence-corrected chi connectivity index (χ3v) is 2.91. The van der Waals surface area contributed by atoms with Gasteiger partial charge in [-0.3, -0.25) is 9.59 Å². The molecule has 0 spiro atoms. The van der Waals surface area contributed by atoms with E-state index in [-0.39, 0.29) is 31.2 Å². The highest BCUT2D eigenvalue weighted by Gasteiger charge is 2.35. The van der Waals surface area contributed by atoms with Crippen LogP contribution in [0.2, 0.25) is 0 Å². The number of hydrogen-bond acceptors (Lipinski definition) is 6. The molecule has 94 valence electrons. The zero-order valence-electron chi connectivity index (χ0n) is 9.19. The second kappa shape index (κ2) is 5.79. The largest absolute Gasteiger partial charge is 0.460 e. The van der Waals surface area contributed by atoms with Crippen LogP contribution in [-0.2, 0) is 28.5 Å². The summed E-state index contributed by atoms with van der Waals surface area (Å²) in [6.07, 6.45) is 3.49. The molecule has 1 aliphatic carbocycles. The average Bonchev–Trinajstić information content (AvgIpc) is 2.70. The Balaban J connectivity index is 2.08. The lowest BCUT2D eigenvalue weighted by atomic mass is 9.97. The molecular weight excluding hydrogens is 228 g/mol. The Morgan fingerprint density at radius 3 is 1.82 bits per heavy atom. The van der Waals surface area contributed by atoms with Crippen molar-refractivity contribution in [2.45, 2.75) is 37.3 Å². The van der Waals surface area contributed by atoms with Crippen molar-refractivity contribution >= 4 is 12.9 Å². The highest BCUT2D eigenvalue weighted by Crippen LogP contribution is 2.26. The molecular formula is C11H14O6. The standard InChI is InChI=1S/C11H14O6/c12-5-14-8-1-2-9(15-6-13)4-11-10(3-8)16-7-17-11/h1-2,5-6,8-11H,3-4,7H2/b2-1+. The van der Waals surface area contributed by atoms with Gasteiger partial charge in [-0.05, 0) is 12.2 Å². The maximum atomic E-state index is 10.4. The fourth-order valence-corrected chi connectivity index (χ4v) is 2.08. The van der Waals surface area contributed by atoms with E-state index >= 15 is 0 Å². The number of rotatable bonds is 4. The molecule has 1 aliphatic heterocycles. The predicted octanol–water partition coefficient (Wildman–Crippen LogP) is 0.161. The summed E-state index contributed by atoms with van der Waals surface area (Å²) >= 11 is 0. The third kappa shape index (κ3) is 3.04. The predicted molar refractivity (Wildman–Crippen MR) is 54.9 cm³/mol. The van der Waals surface area contributed by atoms with Gasteiger partial charge in [-0.15, -0.1) is 0 Å². The molecule has 17 heavy (non-hydrogen) atoms. The summed E-state index contributed by atoms with van der Waals surface area (Å²) in [5.41, 5.74) is 0. The molecule has 0 N–H and O–H groups in total. The molecule has 6 nitrogen and oxygen atoms in total. The first-order valence-electron chi connectivity index (χ1n) is 5.43. The van der Waals surface area contributed by atoms with Crippen LogP contribution in [0.3, 0.4) is 0 Å². The van der Waals surface area contributed by atoms with Crippen LogP contribution >= 0.6 is 0 Å². The van der Waals surface area contributed by atoms with E-state index in [0.717, 1.165) is 0 Å². The minimum atomic E-state index is -0.375. The molecule has 2 rings (SSSR count). The van der Waals surface area contributed by atoms with Crippen LogP contribution in [0.4, 0.5) is 0 Å². The van der Waals surface area contributed by atoms with Crippen molar-refractivity contribution in [3.8, 4) is 0 Å². The van der Waals surface area contributed by atoms with E-state index in [1.54, 1.807) is 12.2 Å². The van der Waals surface area contributed by atoms with Crippen molar-refractivity contribution in [2.75, 3.05) is 6.79 Å². The molecule has 2 aliphatic rings. The summed E-state index contributed by atoms with van der Waals surface area (Å²) in [7, 11) is 0. The highest BCUT2D eigenvalue weighted by atomic mass is 16.7. The van der Waals surface area contributed by atoms with Gasteiger partial charge in [0.1, 0.15) is 19.0 Å². The van der Waals surface area contributed by atoms with Gasteiger partial charge in [0, 0.05) is 12.8 Å². The molecule has 1 heterocycles. The molecule has 4 atom stereocenters. The van der Waals surface area contributed by atoms with Crippen LogP contribution in [-0.4, -0.2) is 44.2 Å². The monoisotopic (exact) mass is 242 g/mol. The first-order valence-corrected chi connectivity index (χ1v) is 5.43. The molecule has 0 bridgehead atoms. The topological polar surface area (TPSA) is 71.1 Å². The van der Waals surface area contributed by atoms with Crippen molar-refractivity contribution in [3.05, 3.63) is 12.2 Å². The van der Waals surface area contributed by atoms with Crippen molar-refractivity contribution in [2.24, 2.45) is 0 Å². The maximum absolute atomic E-state index is 10.4. The van der Waals surface area contributed by atoms with Crippen LogP contribution in [0, 0.1) is 0 Å². The fraction of sp³-hybridized carbons (Fsp3) is 0.636. The number of carbonyl (C=O) groups is 2. The van der Waals surface area contributed by atoms with Crippen LogP contribution in [0.1, 0.15) is 12.8 Å². The Kier molecular flexibility index (Phi) is 4.11. The first-order chi connectivity index (χ1) is 8.33. The third-order valence-electron chi connectivity index (χ3n) is 2.91. The summed E-state index contributed by atoms with van der Waals surface area (Å²) in [5, 5.41) is 0. The fourth-order valence-electron chi connectivity index (χ4n) is 2.08. The van der Waals surface area contributed by atoms with Crippen LogP contribution < -0.4 is 0 Å². The Hall–Kier alpha value is -1.40. The van der Waals surface area contributed by atoms with Crippen LogP contribution in [0.15, 0.2) is 12.2 Å². The Labute approximate surface area is 98.5 Å². The summed E-state index contributed by atoms with van der Waals surface area (Å²) < 4.78 is 20.6. The van der Waals surface area contributed by atoms with E-state index in [1.165, 1.54) is 0 Å². The minimum Gasteiger partial charge on any atom is -0.460 e. The molecule has 0 radical (unpaired) electrons. The van der Waals surface area contributed by atoms with Crippen LogP contribution in [0.5, 0.6) is 0 Å². The summed E-state index contributed by atoms with van der Waals surface area (Å²) in [6, 6.07) is 0. The van der Waals surface area contributed by atoms with Gasteiger partial charge in [0.05, 0.1) is 12.2 Å². The van der Waals surface area contributed by atoms with E-state index in [0.29, 0.717) is 25.8 Å². The van der Waals surface area contributed by atoms with Gasteiger partial charge in [-0.2, -0.15) is 0 Å². The van der Waals surface area contributed by atoms with Crippen molar-refractivity contribution in [1.82, 2.24) is 0 Å². The molecule has 0 saturated carbocycles. The summed E-state index contributed by atoms with van der Waals surface area (Å²) in [5.74, 6) is 0. The number of ether oxygens (including phenoxy) is 4. The van der Waals surface area contributed by atoms with Crippen LogP contribution in [0.25, 0.3) is 0 Å². The van der Waals surface area contributed by atoms with Gasteiger partial charge < -0.3 is 18.9 Å². The van der Waals surface area contributed by atoms with E-state index in [9.17, 15) is 9.59 Å². The summed E-state index contributed by atoms with van der Waals surface area (Å²) in [4.78, 5) is 20.7. The van der Waals surface area contributed by atoms with Gasteiger partial charge in [-0.1, -0.05) is 0 Å². The molecule has 1 saturated heterocycles. The molecule has 0 aromatic rings. The average molecular weight is 242 g/mol. The first kappa shape index (κ1) is 12.1.